The van der Waals surface area contributed by atoms with Gasteiger partial charge in [0.15, 0.2) is 0 Å². The molecule has 3 aliphatic rings. The number of hydrogen-bond acceptors (Lipinski definition) is 5. The first-order valence-corrected chi connectivity index (χ1v) is 7.46. The number of carboxylic acid groups (broad SMARTS) is 2. The Bertz CT molecular complexity index is 753. The molecule has 7 heteroatoms. The SMILES string of the molecule is C=CCONC1=C2c3cc(O)ccc3C(C1)C(C(=O)O)C2C(=O)O. The number of aromatic hydroxyl groups is 1. The minimum absolute atomic E-state index is 0.00354. The number of carboxylic acids is 2. The van der Waals surface area contributed by atoms with E-state index < -0.39 is 29.7 Å². The van der Waals surface area contributed by atoms with Crippen LogP contribution >= 0.6 is 0 Å². The third-order valence-electron chi connectivity index (χ3n) is 4.53. The number of hydroxylamine groups is 1. The van der Waals surface area contributed by atoms with Gasteiger partial charge >= 0.3 is 11.9 Å². The molecule has 0 amide bonds. The van der Waals surface area contributed by atoms with Crippen LogP contribution in [0.1, 0.15) is 23.5 Å². The van der Waals surface area contributed by atoms with Gasteiger partial charge in [-0.1, -0.05) is 12.1 Å². The normalized spacial score (nSPS) is 24.4. The van der Waals surface area contributed by atoms with Crippen LogP contribution in [0.15, 0.2) is 36.6 Å². The number of phenols is 1. The first kappa shape index (κ1) is 16.1. The molecule has 2 bridgehead atoms. The summed E-state index contributed by atoms with van der Waals surface area (Å²) in [6.45, 7) is 3.75. The predicted octanol–water partition coefficient (Wildman–Crippen LogP) is 1.71. The van der Waals surface area contributed by atoms with Gasteiger partial charge in [-0.15, -0.1) is 6.58 Å². The summed E-state index contributed by atoms with van der Waals surface area (Å²) < 4.78 is 0. The molecule has 1 aromatic rings. The van der Waals surface area contributed by atoms with Gasteiger partial charge in [0.25, 0.3) is 0 Å². The molecule has 0 aromatic heterocycles. The van der Waals surface area contributed by atoms with Gasteiger partial charge < -0.3 is 15.3 Å². The van der Waals surface area contributed by atoms with Crippen molar-refractivity contribution in [2.24, 2.45) is 11.8 Å². The van der Waals surface area contributed by atoms with Crippen LogP contribution in [0.4, 0.5) is 0 Å². The molecule has 0 saturated heterocycles. The minimum atomic E-state index is -1.21. The molecule has 1 aromatic carbocycles. The molecule has 3 atom stereocenters. The van der Waals surface area contributed by atoms with Crippen molar-refractivity contribution in [3.8, 4) is 5.75 Å². The first-order valence-electron chi connectivity index (χ1n) is 7.46. The van der Waals surface area contributed by atoms with Crippen molar-refractivity contribution >= 4 is 17.5 Å². The predicted molar refractivity (Wildman–Crippen MR) is 83.9 cm³/mol. The first-order chi connectivity index (χ1) is 11.5. The Kier molecular flexibility index (Phi) is 4.02. The fourth-order valence-corrected chi connectivity index (χ4v) is 3.67. The van der Waals surface area contributed by atoms with E-state index in [2.05, 4.69) is 12.1 Å². The van der Waals surface area contributed by atoms with Crippen LogP contribution in [0.3, 0.4) is 0 Å². The number of fused-ring (bicyclic) bond motifs is 2. The number of aliphatic carboxylic acids is 2. The summed E-state index contributed by atoms with van der Waals surface area (Å²) in [5.74, 6) is -5.12. The highest BCUT2D eigenvalue weighted by Crippen LogP contribution is 2.55. The fourth-order valence-electron chi connectivity index (χ4n) is 3.67. The van der Waals surface area contributed by atoms with Crippen LogP contribution in [0.25, 0.3) is 5.57 Å². The zero-order valence-corrected chi connectivity index (χ0v) is 12.7. The van der Waals surface area contributed by atoms with E-state index in [1.165, 1.54) is 18.2 Å². The van der Waals surface area contributed by atoms with Crippen molar-refractivity contribution in [3.05, 3.63) is 47.7 Å². The minimum Gasteiger partial charge on any atom is -0.508 e. The van der Waals surface area contributed by atoms with E-state index in [1.807, 2.05) is 0 Å². The van der Waals surface area contributed by atoms with Gasteiger partial charge in [0.05, 0.1) is 18.4 Å². The second-order valence-electron chi connectivity index (χ2n) is 5.86. The number of benzene rings is 1. The summed E-state index contributed by atoms with van der Waals surface area (Å²) in [7, 11) is 0. The van der Waals surface area contributed by atoms with E-state index in [1.54, 1.807) is 6.07 Å². The molecule has 126 valence electrons. The maximum Gasteiger partial charge on any atom is 0.311 e. The Morgan fingerprint density at radius 3 is 2.71 bits per heavy atom. The van der Waals surface area contributed by atoms with Crippen molar-refractivity contribution < 1.29 is 29.7 Å². The molecule has 3 aliphatic carbocycles. The topological polar surface area (TPSA) is 116 Å². The monoisotopic (exact) mass is 331 g/mol. The number of rotatable bonds is 6. The van der Waals surface area contributed by atoms with Crippen molar-refractivity contribution in [1.82, 2.24) is 5.48 Å². The molecule has 0 fully saturated rings. The van der Waals surface area contributed by atoms with Crippen molar-refractivity contribution in [3.63, 3.8) is 0 Å². The molecule has 0 radical (unpaired) electrons. The molecule has 0 spiro atoms. The van der Waals surface area contributed by atoms with E-state index in [9.17, 15) is 24.9 Å². The van der Waals surface area contributed by atoms with E-state index >= 15 is 0 Å². The summed E-state index contributed by atoms with van der Waals surface area (Å²) in [5, 5.41) is 28.9. The highest BCUT2D eigenvalue weighted by molar-refractivity contribution is 5.97. The standard InChI is InChI=1S/C17H17NO6/c1-2-5-24-18-12-7-11-9-4-3-8(19)6-10(9)13(12)15(17(22)23)14(11)16(20)21/h2-4,6,11,14-15,18-19H,1,5,7H2,(H,20,21)(H,22,23). The molecule has 3 unspecified atom stereocenters. The maximum absolute atomic E-state index is 11.8. The molecule has 24 heavy (non-hydrogen) atoms. The Hall–Kier alpha value is -2.80. The summed E-state index contributed by atoms with van der Waals surface area (Å²) >= 11 is 0. The average Bonchev–Trinajstić information content (AvgIpc) is 2.53. The lowest BCUT2D eigenvalue weighted by molar-refractivity contribution is -0.153. The summed E-state index contributed by atoms with van der Waals surface area (Å²) in [6.07, 6.45) is 1.87. The van der Waals surface area contributed by atoms with Crippen molar-refractivity contribution in [2.45, 2.75) is 12.3 Å². The number of carbonyl (C=O) groups is 2. The fraction of sp³-hybridized carbons (Fsp3) is 0.294. The Morgan fingerprint density at radius 2 is 2.08 bits per heavy atom. The van der Waals surface area contributed by atoms with Gasteiger partial charge in [-0.25, -0.2) is 0 Å². The molecular weight excluding hydrogens is 314 g/mol. The summed E-state index contributed by atoms with van der Waals surface area (Å²) in [4.78, 5) is 28.7. The summed E-state index contributed by atoms with van der Waals surface area (Å²) in [5.41, 5.74) is 4.91. The lowest BCUT2D eigenvalue weighted by atomic mass is 9.60. The molecular formula is C17H17NO6. The van der Waals surface area contributed by atoms with E-state index in [4.69, 9.17) is 4.84 Å². The van der Waals surface area contributed by atoms with Gasteiger partial charge in [0.1, 0.15) is 5.75 Å². The lowest BCUT2D eigenvalue weighted by Crippen LogP contribution is -2.44. The van der Waals surface area contributed by atoms with Crippen LogP contribution in [0.5, 0.6) is 5.75 Å². The van der Waals surface area contributed by atoms with Crippen LogP contribution in [-0.2, 0) is 14.4 Å². The quantitative estimate of drug-likeness (QED) is 0.356. The maximum atomic E-state index is 11.8. The number of nitrogens with one attached hydrogen (secondary N) is 1. The molecule has 0 heterocycles. The Balaban J connectivity index is 2.17. The second-order valence-corrected chi connectivity index (χ2v) is 5.86. The van der Waals surface area contributed by atoms with Gasteiger partial charge in [-0.3, -0.25) is 19.9 Å². The number of phenolic OH excluding ortho intramolecular Hbond substituents is 1. The van der Waals surface area contributed by atoms with Crippen LogP contribution < -0.4 is 5.48 Å². The molecule has 4 rings (SSSR count). The highest BCUT2D eigenvalue weighted by atomic mass is 16.6. The van der Waals surface area contributed by atoms with E-state index in [0.29, 0.717) is 23.3 Å². The number of hydrogen-bond donors (Lipinski definition) is 4. The smallest absolute Gasteiger partial charge is 0.311 e. The van der Waals surface area contributed by atoms with Crippen molar-refractivity contribution in [2.75, 3.05) is 6.61 Å². The van der Waals surface area contributed by atoms with Gasteiger partial charge in [0, 0.05) is 11.6 Å². The zero-order chi connectivity index (χ0) is 17.4. The van der Waals surface area contributed by atoms with Crippen molar-refractivity contribution in [1.29, 1.82) is 0 Å². The molecule has 0 aliphatic heterocycles. The van der Waals surface area contributed by atoms with E-state index in [-0.39, 0.29) is 12.4 Å². The highest BCUT2D eigenvalue weighted by Gasteiger charge is 2.52. The number of allylic oxidation sites excluding steroid dienone is 1. The largest absolute Gasteiger partial charge is 0.508 e. The van der Waals surface area contributed by atoms with Crippen LogP contribution in [0.2, 0.25) is 0 Å². The molecule has 0 saturated carbocycles. The molecule has 4 N–H and O–H groups in total. The van der Waals surface area contributed by atoms with Crippen LogP contribution in [0, 0.1) is 11.8 Å². The third-order valence-corrected chi connectivity index (χ3v) is 4.53. The Morgan fingerprint density at radius 1 is 1.33 bits per heavy atom. The van der Waals surface area contributed by atoms with Gasteiger partial charge in [0.2, 0.25) is 0 Å². The Labute approximate surface area is 137 Å². The van der Waals surface area contributed by atoms with Gasteiger partial charge in [-0.2, -0.15) is 0 Å². The summed E-state index contributed by atoms with van der Waals surface area (Å²) in [6, 6.07) is 4.61. The lowest BCUT2D eigenvalue weighted by Gasteiger charge is -2.43. The zero-order valence-electron chi connectivity index (χ0n) is 12.7. The third kappa shape index (κ3) is 2.43. The van der Waals surface area contributed by atoms with E-state index in [0.717, 1.165) is 5.56 Å². The average molecular weight is 331 g/mol. The second kappa shape index (κ2) is 6.01. The van der Waals surface area contributed by atoms with Gasteiger partial charge in [-0.05, 0) is 35.3 Å². The van der Waals surface area contributed by atoms with Crippen LogP contribution in [-0.4, -0.2) is 33.9 Å². The molecule has 7 nitrogen and oxygen atoms in total.